The molecule has 0 fully saturated rings. The van der Waals surface area contributed by atoms with E-state index < -0.39 is 0 Å². The maximum absolute atomic E-state index is 5.86. The van der Waals surface area contributed by atoms with Gasteiger partial charge in [0.1, 0.15) is 0 Å². The third kappa shape index (κ3) is 2.70. The zero-order valence-electron chi connectivity index (χ0n) is 12.9. The summed E-state index contributed by atoms with van der Waals surface area (Å²) in [6.07, 6.45) is 0. The van der Waals surface area contributed by atoms with Crippen LogP contribution in [0.4, 0.5) is 11.4 Å². The Kier molecular flexibility index (Phi) is 4.46. The van der Waals surface area contributed by atoms with Crippen molar-refractivity contribution < 1.29 is 0 Å². The van der Waals surface area contributed by atoms with E-state index in [1.54, 1.807) is 0 Å². The maximum Gasteiger partial charge on any atom is 0.0470 e. The summed E-state index contributed by atoms with van der Waals surface area (Å²) in [6, 6.07) is 12.9. The number of nitrogens with zero attached hydrogens (tertiary/aromatic N) is 1. The Morgan fingerprint density at radius 1 is 0.750 bits per heavy atom. The second kappa shape index (κ2) is 6.10. The molecule has 0 spiro atoms. The van der Waals surface area contributed by atoms with Crippen LogP contribution in [0.15, 0.2) is 36.4 Å². The van der Waals surface area contributed by atoms with Gasteiger partial charge < -0.3 is 10.6 Å². The van der Waals surface area contributed by atoms with Crippen LogP contribution in [0.25, 0.3) is 0 Å². The van der Waals surface area contributed by atoms with E-state index in [-0.39, 0.29) is 0 Å². The summed E-state index contributed by atoms with van der Waals surface area (Å²) in [5, 5.41) is 0. The second-order valence-electron chi connectivity index (χ2n) is 5.42. The molecule has 2 rings (SSSR count). The fourth-order valence-corrected chi connectivity index (χ4v) is 2.93. The molecule has 0 atom stereocenters. The van der Waals surface area contributed by atoms with E-state index in [0.717, 1.165) is 6.54 Å². The Bertz CT molecular complexity index is 510. The molecule has 0 bridgehead atoms. The van der Waals surface area contributed by atoms with Gasteiger partial charge in [-0.05, 0) is 49.9 Å². The zero-order chi connectivity index (χ0) is 14.7. The van der Waals surface area contributed by atoms with Crippen molar-refractivity contribution in [1.82, 2.24) is 0 Å². The Morgan fingerprint density at radius 3 is 1.40 bits per heavy atom. The van der Waals surface area contributed by atoms with Crippen LogP contribution in [0.3, 0.4) is 0 Å². The van der Waals surface area contributed by atoms with E-state index in [1.165, 1.54) is 33.6 Å². The van der Waals surface area contributed by atoms with E-state index in [4.69, 9.17) is 5.73 Å². The van der Waals surface area contributed by atoms with Gasteiger partial charge in [0.25, 0.3) is 0 Å². The molecule has 0 aromatic heterocycles. The molecule has 20 heavy (non-hydrogen) atoms. The quantitative estimate of drug-likeness (QED) is 0.907. The molecular formula is C18H24N2. The smallest absolute Gasteiger partial charge is 0.0470 e. The van der Waals surface area contributed by atoms with Crippen molar-refractivity contribution in [2.75, 3.05) is 18.0 Å². The first kappa shape index (κ1) is 14.6. The van der Waals surface area contributed by atoms with Gasteiger partial charge in [0, 0.05) is 24.5 Å². The number of para-hydroxylation sites is 2. The fraction of sp³-hybridized carbons (Fsp3) is 0.333. The molecule has 106 valence electrons. The number of hydrogen-bond acceptors (Lipinski definition) is 2. The molecule has 0 radical (unpaired) electrons. The lowest BCUT2D eigenvalue weighted by atomic mass is 10.0. The highest BCUT2D eigenvalue weighted by Gasteiger charge is 2.16. The highest BCUT2D eigenvalue weighted by molar-refractivity contribution is 5.73. The average molecular weight is 268 g/mol. The average Bonchev–Trinajstić information content (AvgIpc) is 2.38. The molecule has 0 amide bonds. The van der Waals surface area contributed by atoms with Crippen molar-refractivity contribution in [1.29, 1.82) is 0 Å². The number of aryl methyl sites for hydroxylation is 4. The van der Waals surface area contributed by atoms with Crippen LogP contribution < -0.4 is 10.6 Å². The SMILES string of the molecule is Cc1cccc(C)c1N(CCN)c1c(C)cccc1C. The molecule has 0 aliphatic heterocycles. The Balaban J connectivity index is 2.63. The second-order valence-corrected chi connectivity index (χ2v) is 5.42. The summed E-state index contributed by atoms with van der Waals surface area (Å²) in [5.74, 6) is 0. The third-order valence-electron chi connectivity index (χ3n) is 3.77. The fourth-order valence-electron chi connectivity index (χ4n) is 2.93. The van der Waals surface area contributed by atoms with Gasteiger partial charge in [-0.2, -0.15) is 0 Å². The van der Waals surface area contributed by atoms with Crippen LogP contribution >= 0.6 is 0 Å². The van der Waals surface area contributed by atoms with Gasteiger partial charge in [0.15, 0.2) is 0 Å². The molecule has 2 nitrogen and oxygen atoms in total. The monoisotopic (exact) mass is 268 g/mol. The molecule has 2 aromatic rings. The first-order valence-electron chi connectivity index (χ1n) is 7.16. The molecule has 2 heteroatoms. The number of benzene rings is 2. The summed E-state index contributed by atoms with van der Waals surface area (Å²) < 4.78 is 0. The predicted octanol–water partition coefficient (Wildman–Crippen LogP) is 4.02. The number of anilines is 2. The van der Waals surface area contributed by atoms with E-state index in [9.17, 15) is 0 Å². The molecule has 2 aromatic carbocycles. The molecule has 0 saturated carbocycles. The molecular weight excluding hydrogens is 244 g/mol. The Morgan fingerprint density at radius 2 is 1.10 bits per heavy atom. The van der Waals surface area contributed by atoms with Crippen molar-refractivity contribution in [2.45, 2.75) is 27.7 Å². The maximum atomic E-state index is 5.86. The van der Waals surface area contributed by atoms with E-state index in [1.807, 2.05) is 0 Å². The van der Waals surface area contributed by atoms with Gasteiger partial charge in [-0.25, -0.2) is 0 Å². The summed E-state index contributed by atoms with van der Waals surface area (Å²) in [7, 11) is 0. The third-order valence-corrected chi connectivity index (χ3v) is 3.77. The highest BCUT2D eigenvalue weighted by Crippen LogP contribution is 2.35. The van der Waals surface area contributed by atoms with Gasteiger partial charge in [-0.3, -0.25) is 0 Å². The normalized spacial score (nSPS) is 10.7. The summed E-state index contributed by atoms with van der Waals surface area (Å²) in [4.78, 5) is 2.37. The molecule has 0 heterocycles. The molecule has 0 saturated heterocycles. The molecule has 0 aliphatic rings. The first-order valence-corrected chi connectivity index (χ1v) is 7.16. The lowest BCUT2D eigenvalue weighted by Crippen LogP contribution is -2.27. The Hall–Kier alpha value is -1.80. The first-order chi connectivity index (χ1) is 9.56. The van der Waals surface area contributed by atoms with Crippen molar-refractivity contribution in [3.63, 3.8) is 0 Å². The predicted molar refractivity (Wildman–Crippen MR) is 87.9 cm³/mol. The minimum absolute atomic E-state index is 0.640. The summed E-state index contributed by atoms with van der Waals surface area (Å²) >= 11 is 0. The summed E-state index contributed by atoms with van der Waals surface area (Å²) in [5.41, 5.74) is 13.6. The lowest BCUT2D eigenvalue weighted by molar-refractivity contribution is 0.907. The van der Waals surface area contributed by atoms with Crippen molar-refractivity contribution >= 4 is 11.4 Å². The molecule has 0 unspecified atom stereocenters. The van der Waals surface area contributed by atoms with Crippen LogP contribution in [-0.4, -0.2) is 13.1 Å². The van der Waals surface area contributed by atoms with Crippen molar-refractivity contribution in [2.24, 2.45) is 5.73 Å². The largest absolute Gasteiger partial charge is 0.339 e. The number of nitrogens with two attached hydrogens (primary N) is 1. The van der Waals surface area contributed by atoms with Crippen molar-refractivity contribution in [3.05, 3.63) is 58.7 Å². The standard InChI is InChI=1S/C18H24N2/c1-13-7-5-8-14(2)17(13)20(12-11-19)18-15(3)9-6-10-16(18)4/h5-10H,11-12,19H2,1-4H3. The molecule has 0 aliphatic carbocycles. The van der Waals surface area contributed by atoms with Gasteiger partial charge in [-0.15, -0.1) is 0 Å². The number of rotatable bonds is 4. The number of hydrogen-bond donors (Lipinski definition) is 1. The topological polar surface area (TPSA) is 29.3 Å². The lowest BCUT2D eigenvalue weighted by Gasteiger charge is -2.30. The van der Waals surface area contributed by atoms with Crippen LogP contribution in [0.5, 0.6) is 0 Å². The van der Waals surface area contributed by atoms with Gasteiger partial charge in [0.05, 0.1) is 0 Å². The van der Waals surface area contributed by atoms with Crippen molar-refractivity contribution in [3.8, 4) is 0 Å². The van der Waals surface area contributed by atoms with Gasteiger partial charge in [-0.1, -0.05) is 36.4 Å². The van der Waals surface area contributed by atoms with Gasteiger partial charge >= 0.3 is 0 Å². The van der Waals surface area contributed by atoms with E-state index >= 15 is 0 Å². The van der Waals surface area contributed by atoms with Gasteiger partial charge in [0.2, 0.25) is 0 Å². The Labute approximate surface area is 122 Å². The van der Waals surface area contributed by atoms with E-state index in [2.05, 4.69) is 69.0 Å². The molecule has 2 N–H and O–H groups in total. The highest BCUT2D eigenvalue weighted by atomic mass is 15.1. The summed E-state index contributed by atoms with van der Waals surface area (Å²) in [6.45, 7) is 10.1. The van der Waals surface area contributed by atoms with E-state index in [0.29, 0.717) is 6.54 Å². The van der Waals surface area contributed by atoms with Crippen LogP contribution in [0, 0.1) is 27.7 Å². The minimum atomic E-state index is 0.640. The van der Waals surface area contributed by atoms with Crippen LogP contribution in [0.2, 0.25) is 0 Å². The zero-order valence-corrected chi connectivity index (χ0v) is 12.9. The van der Waals surface area contributed by atoms with Crippen LogP contribution in [0.1, 0.15) is 22.3 Å². The minimum Gasteiger partial charge on any atom is -0.339 e. The van der Waals surface area contributed by atoms with Crippen LogP contribution in [-0.2, 0) is 0 Å².